The molecule has 55 valence electrons. The van der Waals surface area contributed by atoms with Gasteiger partial charge in [-0.25, -0.2) is 0 Å². The Morgan fingerprint density at radius 2 is 1.90 bits per heavy atom. The molecule has 0 amide bonds. The van der Waals surface area contributed by atoms with E-state index in [1.165, 1.54) is 6.92 Å². The van der Waals surface area contributed by atoms with Crippen molar-refractivity contribution in [3.63, 3.8) is 0 Å². The first-order valence-corrected chi connectivity index (χ1v) is 2.82. The molecule has 0 unspecified atom stereocenters. The van der Waals surface area contributed by atoms with Crippen molar-refractivity contribution in [3.8, 4) is 0 Å². The van der Waals surface area contributed by atoms with Crippen LogP contribution >= 0.6 is 0 Å². The summed E-state index contributed by atoms with van der Waals surface area (Å²) in [6.07, 6.45) is -0.103. The molecular formula is C6H10LaO3. The van der Waals surface area contributed by atoms with Crippen molar-refractivity contribution in [1.29, 1.82) is 0 Å². The molecule has 0 heterocycles. The van der Waals surface area contributed by atoms with Crippen LogP contribution in [0.4, 0.5) is 0 Å². The molecule has 1 radical (unpaired) electrons. The Balaban J connectivity index is 0. The van der Waals surface area contributed by atoms with Gasteiger partial charge in [0.25, 0.3) is 0 Å². The number of hydrogen-bond donors (Lipinski definition) is 0. The fraction of sp³-hybridized carbons (Fsp3) is 0.667. The average molecular weight is 269 g/mol. The van der Waals surface area contributed by atoms with Crippen molar-refractivity contribution in [2.75, 3.05) is 6.61 Å². The van der Waals surface area contributed by atoms with E-state index in [-0.39, 0.29) is 47.8 Å². The maximum atomic E-state index is 10.4. The molecule has 0 saturated carbocycles. The van der Waals surface area contributed by atoms with Gasteiger partial charge in [0.2, 0.25) is 0 Å². The van der Waals surface area contributed by atoms with Crippen LogP contribution in [0.3, 0.4) is 0 Å². The topological polar surface area (TPSA) is 43.4 Å². The number of Topliss-reactive ketones (excluding diaryl/α,β-unsaturated/α-hetero) is 1. The predicted octanol–water partition coefficient (Wildman–Crippen LogP) is 0.529. The fourth-order valence-electron chi connectivity index (χ4n) is 0.415. The van der Waals surface area contributed by atoms with Crippen LogP contribution in [0.5, 0.6) is 0 Å². The quantitative estimate of drug-likeness (QED) is 0.554. The molecule has 0 aromatic carbocycles. The van der Waals surface area contributed by atoms with Crippen molar-refractivity contribution in [2.45, 2.75) is 20.3 Å². The van der Waals surface area contributed by atoms with E-state index in [0.717, 1.165) is 0 Å². The minimum absolute atomic E-state index is 0. The molecule has 3 nitrogen and oxygen atoms in total. The smallest absolute Gasteiger partial charge is 0.313 e. The van der Waals surface area contributed by atoms with E-state index in [4.69, 9.17) is 0 Å². The zero-order chi connectivity index (χ0) is 7.28. The summed E-state index contributed by atoms with van der Waals surface area (Å²) in [7, 11) is 0. The number of ketones is 1. The van der Waals surface area contributed by atoms with Crippen molar-refractivity contribution < 1.29 is 49.9 Å². The molecule has 0 saturated heterocycles. The molecule has 4 heteroatoms. The molecule has 0 aliphatic carbocycles. The zero-order valence-corrected chi connectivity index (χ0v) is 9.84. The largest absolute Gasteiger partial charge is 0.466 e. The van der Waals surface area contributed by atoms with E-state index in [1.54, 1.807) is 6.92 Å². The van der Waals surface area contributed by atoms with E-state index in [0.29, 0.717) is 6.61 Å². The minimum atomic E-state index is -0.440. The molecule has 0 aliphatic heterocycles. The number of ether oxygens (including phenoxy) is 1. The third-order valence-corrected chi connectivity index (χ3v) is 0.699. The molecule has 0 bridgehead atoms. The van der Waals surface area contributed by atoms with Gasteiger partial charge >= 0.3 is 5.97 Å². The second-order valence-electron chi connectivity index (χ2n) is 1.68. The second-order valence-corrected chi connectivity index (χ2v) is 1.68. The molecule has 10 heavy (non-hydrogen) atoms. The Morgan fingerprint density at radius 3 is 2.20 bits per heavy atom. The standard InChI is InChI=1S/C6H10O3.La/c1-3-9-6(8)4-5(2)7;/h3-4H2,1-2H3;. The molecule has 0 rings (SSSR count). The third kappa shape index (κ3) is 8.33. The van der Waals surface area contributed by atoms with E-state index < -0.39 is 5.97 Å². The first kappa shape index (κ1) is 13.0. The van der Waals surface area contributed by atoms with Gasteiger partial charge in [-0.15, -0.1) is 0 Å². The molecule has 0 aromatic rings. The van der Waals surface area contributed by atoms with Gasteiger partial charge in [0, 0.05) is 35.6 Å². The van der Waals surface area contributed by atoms with Gasteiger partial charge in [0.1, 0.15) is 12.2 Å². The van der Waals surface area contributed by atoms with E-state index in [1.807, 2.05) is 0 Å². The van der Waals surface area contributed by atoms with Crippen LogP contribution in [-0.2, 0) is 14.3 Å². The molecule has 0 fully saturated rings. The molecule has 0 aromatic heterocycles. The number of carbonyl (C=O) groups is 2. The van der Waals surface area contributed by atoms with Gasteiger partial charge in [-0.1, -0.05) is 0 Å². The molecule has 0 N–H and O–H groups in total. The Labute approximate surface area is 88.1 Å². The monoisotopic (exact) mass is 269 g/mol. The summed E-state index contributed by atoms with van der Waals surface area (Å²) >= 11 is 0. The van der Waals surface area contributed by atoms with Gasteiger partial charge in [0.05, 0.1) is 6.61 Å². The van der Waals surface area contributed by atoms with Gasteiger partial charge in [-0.3, -0.25) is 9.59 Å². The summed E-state index contributed by atoms with van der Waals surface area (Å²) in [5, 5.41) is 0. The van der Waals surface area contributed by atoms with Gasteiger partial charge in [-0.2, -0.15) is 0 Å². The van der Waals surface area contributed by atoms with Crippen LogP contribution < -0.4 is 0 Å². The Bertz CT molecular complexity index is 122. The Kier molecular flexibility index (Phi) is 9.65. The summed E-state index contributed by atoms with van der Waals surface area (Å²) in [5.41, 5.74) is 0. The summed E-state index contributed by atoms with van der Waals surface area (Å²) in [4.78, 5) is 20.6. The third-order valence-electron chi connectivity index (χ3n) is 0.699. The van der Waals surface area contributed by atoms with Crippen molar-refractivity contribution in [2.24, 2.45) is 0 Å². The summed E-state index contributed by atoms with van der Waals surface area (Å²) < 4.78 is 4.49. The van der Waals surface area contributed by atoms with E-state index in [9.17, 15) is 9.59 Å². The van der Waals surface area contributed by atoms with Crippen LogP contribution in [0.2, 0.25) is 0 Å². The zero-order valence-electron chi connectivity index (χ0n) is 6.22. The van der Waals surface area contributed by atoms with Crippen LogP contribution in [0.25, 0.3) is 0 Å². The van der Waals surface area contributed by atoms with Crippen LogP contribution in [0.1, 0.15) is 20.3 Å². The number of rotatable bonds is 3. The summed E-state index contributed by atoms with van der Waals surface area (Å²) in [5.74, 6) is -0.599. The second kappa shape index (κ2) is 7.44. The SMILES string of the molecule is CCOC(=O)CC(C)=O.[La]. The maximum absolute atomic E-state index is 10.4. The van der Waals surface area contributed by atoms with Gasteiger partial charge in [0.15, 0.2) is 0 Å². The molecule has 0 atom stereocenters. The van der Waals surface area contributed by atoms with Crippen LogP contribution in [-0.4, -0.2) is 18.4 Å². The van der Waals surface area contributed by atoms with E-state index in [2.05, 4.69) is 4.74 Å². The summed E-state index contributed by atoms with van der Waals surface area (Å²) in [6, 6.07) is 0. The average Bonchev–Trinajstić information content (AvgIpc) is 1.63. The molecular weight excluding hydrogens is 259 g/mol. The van der Waals surface area contributed by atoms with Crippen LogP contribution in [0.15, 0.2) is 0 Å². The maximum Gasteiger partial charge on any atom is 0.313 e. The first-order valence-electron chi connectivity index (χ1n) is 2.82. The first-order chi connectivity index (χ1) is 4.16. The summed E-state index contributed by atoms with van der Waals surface area (Å²) in [6.45, 7) is 3.40. The number of esters is 1. The predicted molar refractivity (Wildman–Crippen MR) is 31.9 cm³/mol. The van der Waals surface area contributed by atoms with Crippen LogP contribution in [0, 0.1) is 35.6 Å². The Hall–Kier alpha value is 0.335. The van der Waals surface area contributed by atoms with Crippen molar-refractivity contribution in [1.82, 2.24) is 0 Å². The van der Waals surface area contributed by atoms with Crippen molar-refractivity contribution in [3.05, 3.63) is 0 Å². The Morgan fingerprint density at radius 1 is 1.40 bits per heavy atom. The van der Waals surface area contributed by atoms with Gasteiger partial charge in [-0.05, 0) is 13.8 Å². The number of hydrogen-bond acceptors (Lipinski definition) is 3. The fourth-order valence-corrected chi connectivity index (χ4v) is 0.415. The molecule has 0 spiro atoms. The normalized spacial score (nSPS) is 7.80. The molecule has 0 aliphatic rings. The van der Waals surface area contributed by atoms with Crippen molar-refractivity contribution >= 4 is 11.8 Å². The van der Waals surface area contributed by atoms with E-state index >= 15 is 0 Å². The van der Waals surface area contributed by atoms with Gasteiger partial charge < -0.3 is 4.74 Å². The number of carbonyl (C=O) groups excluding carboxylic acids is 2. The minimum Gasteiger partial charge on any atom is -0.466 e.